The first-order valence-electron chi connectivity index (χ1n) is 4.15. The average Bonchev–Trinajstić information content (AvgIpc) is 2.87. The molecule has 0 saturated heterocycles. The van der Waals surface area contributed by atoms with Crippen LogP contribution >= 0.6 is 0 Å². The molecule has 1 saturated carbocycles. The molecular formula is C9H9F2NO. The lowest BCUT2D eigenvalue weighted by Crippen LogP contribution is -1.91. The fourth-order valence-corrected chi connectivity index (χ4v) is 1.27. The summed E-state index contributed by atoms with van der Waals surface area (Å²) in [6.45, 7) is 0. The number of hydrogen-bond donors (Lipinski definition) is 1. The molecule has 2 rings (SSSR count). The van der Waals surface area contributed by atoms with Gasteiger partial charge < -0.3 is 5.11 Å². The number of pyridine rings is 1. The normalized spacial score (nSPS) is 16.5. The molecule has 0 atom stereocenters. The van der Waals surface area contributed by atoms with Crippen molar-refractivity contribution >= 4 is 0 Å². The van der Waals surface area contributed by atoms with Gasteiger partial charge in [-0.05, 0) is 18.9 Å². The number of nitrogens with zero attached hydrogens (tertiary/aromatic N) is 1. The third-order valence-electron chi connectivity index (χ3n) is 2.13. The lowest BCUT2D eigenvalue weighted by Gasteiger charge is -2.03. The predicted molar refractivity (Wildman–Crippen MR) is 42.8 cm³/mol. The molecule has 0 bridgehead atoms. The van der Waals surface area contributed by atoms with E-state index in [9.17, 15) is 13.9 Å². The van der Waals surface area contributed by atoms with Crippen LogP contribution in [0.25, 0.3) is 0 Å². The first kappa shape index (κ1) is 8.41. The fourth-order valence-electron chi connectivity index (χ4n) is 1.27. The molecule has 0 aliphatic heterocycles. The van der Waals surface area contributed by atoms with Gasteiger partial charge in [0.05, 0.1) is 5.69 Å². The summed E-state index contributed by atoms with van der Waals surface area (Å²) in [4.78, 5) is 3.83. The van der Waals surface area contributed by atoms with Crippen molar-refractivity contribution in [3.63, 3.8) is 0 Å². The van der Waals surface area contributed by atoms with Crippen molar-refractivity contribution in [2.75, 3.05) is 0 Å². The van der Waals surface area contributed by atoms with Crippen LogP contribution in [0, 0.1) is 0 Å². The lowest BCUT2D eigenvalue weighted by atomic mass is 10.2. The Hall–Kier alpha value is -1.19. The first-order chi connectivity index (χ1) is 6.18. The summed E-state index contributed by atoms with van der Waals surface area (Å²) in [5.41, 5.74) is 0.339. The number of rotatable bonds is 2. The van der Waals surface area contributed by atoms with Crippen molar-refractivity contribution in [1.82, 2.24) is 4.98 Å². The van der Waals surface area contributed by atoms with Gasteiger partial charge in [0.25, 0.3) is 6.43 Å². The Morgan fingerprint density at radius 3 is 2.62 bits per heavy atom. The van der Waals surface area contributed by atoms with E-state index in [1.165, 1.54) is 0 Å². The summed E-state index contributed by atoms with van der Waals surface area (Å²) in [5.74, 6) is 0.187. The van der Waals surface area contributed by atoms with Gasteiger partial charge in [0.1, 0.15) is 5.75 Å². The molecule has 0 spiro atoms. The van der Waals surface area contributed by atoms with Gasteiger partial charge in [-0.1, -0.05) is 0 Å². The zero-order valence-corrected chi connectivity index (χ0v) is 6.87. The van der Waals surface area contributed by atoms with Crippen molar-refractivity contribution < 1.29 is 13.9 Å². The van der Waals surface area contributed by atoms with Crippen LogP contribution in [0.2, 0.25) is 0 Å². The smallest absolute Gasteiger partial charge is 0.265 e. The molecule has 1 aromatic rings. The number of hydrogen-bond acceptors (Lipinski definition) is 2. The van der Waals surface area contributed by atoms with Crippen LogP contribution in [-0.2, 0) is 0 Å². The topological polar surface area (TPSA) is 33.1 Å². The second-order valence-corrected chi connectivity index (χ2v) is 3.25. The molecule has 0 unspecified atom stereocenters. The zero-order chi connectivity index (χ0) is 9.42. The summed E-state index contributed by atoms with van der Waals surface area (Å²) in [7, 11) is 0. The molecule has 1 aliphatic rings. The van der Waals surface area contributed by atoms with Crippen LogP contribution in [0.15, 0.2) is 12.3 Å². The summed E-state index contributed by atoms with van der Waals surface area (Å²) in [6.07, 6.45) is 0.563. The summed E-state index contributed by atoms with van der Waals surface area (Å²) in [6, 6.07) is 1.10. The van der Waals surface area contributed by atoms with Crippen LogP contribution < -0.4 is 0 Å². The maximum Gasteiger partial charge on any atom is 0.265 e. The summed E-state index contributed by atoms with van der Waals surface area (Å²) < 4.78 is 24.3. The van der Waals surface area contributed by atoms with E-state index in [0.29, 0.717) is 5.69 Å². The van der Waals surface area contributed by atoms with Crippen molar-refractivity contribution in [1.29, 1.82) is 0 Å². The second kappa shape index (κ2) is 2.94. The molecule has 1 aliphatic carbocycles. The van der Waals surface area contributed by atoms with Crippen molar-refractivity contribution in [2.45, 2.75) is 25.2 Å². The van der Waals surface area contributed by atoms with Gasteiger partial charge in [-0.3, -0.25) is 4.98 Å². The predicted octanol–water partition coefficient (Wildman–Crippen LogP) is 2.60. The van der Waals surface area contributed by atoms with Crippen LogP contribution in [0.3, 0.4) is 0 Å². The molecule has 1 N–H and O–H groups in total. The standard InChI is InChI=1S/C9H9F2NO/c10-9(11)6-3-7(13)8(12-4-6)5-1-2-5/h3-5,9,13H,1-2H2. The highest BCUT2D eigenvalue weighted by atomic mass is 19.3. The number of alkyl halides is 2. The van der Waals surface area contributed by atoms with Crippen molar-refractivity contribution in [3.8, 4) is 5.75 Å². The Bertz CT molecular complexity index is 323. The molecule has 2 nitrogen and oxygen atoms in total. The van der Waals surface area contributed by atoms with E-state index in [1.54, 1.807) is 0 Å². The van der Waals surface area contributed by atoms with Gasteiger partial charge in [-0.15, -0.1) is 0 Å². The second-order valence-electron chi connectivity index (χ2n) is 3.25. The van der Waals surface area contributed by atoms with Crippen LogP contribution in [0.1, 0.15) is 36.4 Å². The molecule has 1 heterocycles. The van der Waals surface area contributed by atoms with Crippen LogP contribution in [-0.4, -0.2) is 10.1 Å². The third-order valence-corrected chi connectivity index (χ3v) is 2.13. The molecule has 0 radical (unpaired) electrons. The highest BCUT2D eigenvalue weighted by molar-refractivity contribution is 5.34. The Kier molecular flexibility index (Phi) is 1.90. The Morgan fingerprint density at radius 2 is 2.15 bits per heavy atom. The lowest BCUT2D eigenvalue weighted by molar-refractivity contribution is 0.150. The average molecular weight is 185 g/mol. The minimum atomic E-state index is -2.56. The minimum Gasteiger partial charge on any atom is -0.506 e. The van der Waals surface area contributed by atoms with Gasteiger partial charge >= 0.3 is 0 Å². The monoisotopic (exact) mass is 185 g/mol. The number of aromatic hydroxyl groups is 1. The van der Waals surface area contributed by atoms with E-state index >= 15 is 0 Å². The van der Waals surface area contributed by atoms with Crippen LogP contribution in [0.5, 0.6) is 5.75 Å². The number of aromatic nitrogens is 1. The zero-order valence-electron chi connectivity index (χ0n) is 6.87. The summed E-state index contributed by atoms with van der Waals surface area (Å²) >= 11 is 0. The van der Waals surface area contributed by atoms with Crippen molar-refractivity contribution in [3.05, 3.63) is 23.5 Å². The van der Waals surface area contributed by atoms with Crippen LogP contribution in [0.4, 0.5) is 8.78 Å². The maximum atomic E-state index is 12.1. The molecule has 1 fully saturated rings. The maximum absolute atomic E-state index is 12.1. The molecule has 13 heavy (non-hydrogen) atoms. The van der Waals surface area contributed by atoms with E-state index in [-0.39, 0.29) is 17.2 Å². The molecule has 1 aromatic heterocycles. The minimum absolute atomic E-state index is 0.0969. The quantitative estimate of drug-likeness (QED) is 0.768. The Balaban J connectivity index is 2.31. The van der Waals surface area contributed by atoms with E-state index in [2.05, 4.69) is 4.98 Å². The number of halogens is 2. The Morgan fingerprint density at radius 1 is 1.46 bits per heavy atom. The first-order valence-corrected chi connectivity index (χ1v) is 4.15. The van der Waals surface area contributed by atoms with Gasteiger partial charge in [-0.25, -0.2) is 8.78 Å². The SMILES string of the molecule is Oc1cc(C(F)F)cnc1C1CC1. The van der Waals surface area contributed by atoms with E-state index in [4.69, 9.17) is 0 Å². The summed E-state index contributed by atoms with van der Waals surface area (Å²) in [5, 5.41) is 9.35. The van der Waals surface area contributed by atoms with E-state index in [0.717, 1.165) is 25.1 Å². The van der Waals surface area contributed by atoms with E-state index in [1.807, 2.05) is 0 Å². The van der Waals surface area contributed by atoms with Gasteiger partial charge in [0.2, 0.25) is 0 Å². The molecule has 0 aromatic carbocycles. The van der Waals surface area contributed by atoms with Gasteiger partial charge in [0.15, 0.2) is 0 Å². The fraction of sp³-hybridized carbons (Fsp3) is 0.444. The molecular weight excluding hydrogens is 176 g/mol. The van der Waals surface area contributed by atoms with Gasteiger partial charge in [-0.2, -0.15) is 0 Å². The van der Waals surface area contributed by atoms with Crippen molar-refractivity contribution in [2.24, 2.45) is 0 Å². The molecule has 4 heteroatoms. The Labute approximate surface area is 74.2 Å². The molecule has 0 amide bonds. The van der Waals surface area contributed by atoms with E-state index < -0.39 is 6.43 Å². The largest absolute Gasteiger partial charge is 0.506 e. The molecule has 70 valence electrons. The third kappa shape index (κ3) is 1.61. The highest BCUT2D eigenvalue weighted by Gasteiger charge is 2.28. The van der Waals surface area contributed by atoms with Gasteiger partial charge in [0, 0.05) is 17.7 Å². The highest BCUT2D eigenvalue weighted by Crippen LogP contribution is 2.43.